The third-order valence-electron chi connectivity index (χ3n) is 3.36. The molecule has 6 heteroatoms. The van der Waals surface area contributed by atoms with Gasteiger partial charge in [-0.1, -0.05) is 24.3 Å². The molecule has 0 amide bonds. The molecule has 2 heterocycles. The molecule has 1 N–H and O–H groups in total. The van der Waals surface area contributed by atoms with E-state index in [1.165, 1.54) is 5.56 Å². The van der Waals surface area contributed by atoms with Gasteiger partial charge in [-0.2, -0.15) is 0 Å². The first-order chi connectivity index (χ1) is 10.3. The number of ether oxygens (including phenoxy) is 1. The number of rotatable bonds is 5. The molecule has 2 aromatic heterocycles. The van der Waals surface area contributed by atoms with Crippen molar-refractivity contribution < 1.29 is 4.74 Å². The normalized spacial score (nSPS) is 11.0. The van der Waals surface area contributed by atoms with E-state index in [1.54, 1.807) is 13.3 Å². The van der Waals surface area contributed by atoms with Crippen LogP contribution in [0, 0.1) is 6.92 Å². The van der Waals surface area contributed by atoms with E-state index in [4.69, 9.17) is 4.74 Å². The number of nitrogens with one attached hydrogen (secondary N) is 1. The minimum atomic E-state index is 0.597. The Labute approximate surface area is 122 Å². The van der Waals surface area contributed by atoms with E-state index in [2.05, 4.69) is 32.6 Å². The van der Waals surface area contributed by atoms with Crippen molar-refractivity contribution in [2.45, 2.75) is 20.1 Å². The fourth-order valence-electron chi connectivity index (χ4n) is 2.27. The van der Waals surface area contributed by atoms with Gasteiger partial charge in [0, 0.05) is 26.0 Å². The minimum Gasteiger partial charge on any atom is -0.380 e. The van der Waals surface area contributed by atoms with Gasteiger partial charge < -0.3 is 10.1 Å². The number of aromatic nitrogens is 4. The number of nitrogens with zero attached hydrogens (tertiary/aromatic N) is 4. The van der Waals surface area contributed by atoms with Crippen molar-refractivity contribution in [3.05, 3.63) is 53.6 Å². The van der Waals surface area contributed by atoms with Crippen molar-refractivity contribution in [1.29, 1.82) is 0 Å². The topological polar surface area (TPSA) is 64.3 Å². The van der Waals surface area contributed by atoms with Crippen LogP contribution in [0.25, 0.3) is 5.65 Å². The third kappa shape index (κ3) is 2.71. The Hall–Kier alpha value is -2.47. The number of hydrogen-bond acceptors (Lipinski definition) is 5. The first kappa shape index (κ1) is 13.5. The van der Waals surface area contributed by atoms with Gasteiger partial charge in [0.05, 0.1) is 6.61 Å². The van der Waals surface area contributed by atoms with E-state index < -0.39 is 0 Å². The SMILES string of the molecule is COCc1ccccc1CNc1nccn2c(C)nnc12. The number of hydrogen-bond donors (Lipinski definition) is 1. The molecule has 6 nitrogen and oxygen atoms in total. The van der Waals surface area contributed by atoms with Gasteiger partial charge in [0.1, 0.15) is 5.82 Å². The predicted molar refractivity (Wildman–Crippen MR) is 80.0 cm³/mol. The largest absolute Gasteiger partial charge is 0.380 e. The summed E-state index contributed by atoms with van der Waals surface area (Å²) >= 11 is 0. The zero-order valence-corrected chi connectivity index (χ0v) is 12.1. The van der Waals surface area contributed by atoms with E-state index >= 15 is 0 Å². The molecule has 0 spiro atoms. The molecule has 0 bridgehead atoms. The van der Waals surface area contributed by atoms with Crippen molar-refractivity contribution in [3.63, 3.8) is 0 Å². The summed E-state index contributed by atoms with van der Waals surface area (Å²) in [6.45, 7) is 3.18. The van der Waals surface area contributed by atoms with Crippen LogP contribution in [0.15, 0.2) is 36.7 Å². The third-order valence-corrected chi connectivity index (χ3v) is 3.36. The zero-order valence-electron chi connectivity index (χ0n) is 12.1. The van der Waals surface area contributed by atoms with E-state index in [0.717, 1.165) is 22.9 Å². The Morgan fingerprint density at radius 2 is 2.00 bits per heavy atom. The molecule has 0 atom stereocenters. The quantitative estimate of drug-likeness (QED) is 0.777. The minimum absolute atomic E-state index is 0.597. The Bertz CT molecular complexity index is 753. The summed E-state index contributed by atoms with van der Waals surface area (Å²) in [5.74, 6) is 1.57. The molecule has 0 radical (unpaired) electrons. The first-order valence-electron chi connectivity index (χ1n) is 6.75. The Balaban J connectivity index is 1.84. The van der Waals surface area contributed by atoms with Gasteiger partial charge in [-0.25, -0.2) is 4.98 Å². The molecule has 1 aromatic carbocycles. The summed E-state index contributed by atoms with van der Waals surface area (Å²) in [4.78, 5) is 4.35. The second-order valence-corrected chi connectivity index (χ2v) is 4.77. The summed E-state index contributed by atoms with van der Waals surface area (Å²) in [7, 11) is 1.70. The summed E-state index contributed by atoms with van der Waals surface area (Å²) < 4.78 is 7.14. The molecule has 3 rings (SSSR count). The lowest BCUT2D eigenvalue weighted by Gasteiger charge is -2.10. The zero-order chi connectivity index (χ0) is 14.7. The van der Waals surface area contributed by atoms with Crippen molar-refractivity contribution >= 4 is 11.5 Å². The van der Waals surface area contributed by atoms with E-state index in [1.807, 2.05) is 29.7 Å². The average molecular weight is 283 g/mol. The maximum absolute atomic E-state index is 5.22. The molecule has 0 unspecified atom stereocenters. The maximum Gasteiger partial charge on any atom is 0.203 e. The number of anilines is 1. The van der Waals surface area contributed by atoms with E-state index in [9.17, 15) is 0 Å². The molecular formula is C15H17N5O. The van der Waals surface area contributed by atoms with Gasteiger partial charge in [0.2, 0.25) is 5.65 Å². The molecular weight excluding hydrogens is 266 g/mol. The summed E-state index contributed by atoms with van der Waals surface area (Å²) in [6.07, 6.45) is 3.60. The Morgan fingerprint density at radius 1 is 1.19 bits per heavy atom. The van der Waals surface area contributed by atoms with Crippen LogP contribution in [0.4, 0.5) is 5.82 Å². The van der Waals surface area contributed by atoms with Crippen LogP contribution in [0.3, 0.4) is 0 Å². The van der Waals surface area contributed by atoms with Crippen LogP contribution < -0.4 is 5.32 Å². The monoisotopic (exact) mass is 283 g/mol. The fraction of sp³-hybridized carbons (Fsp3) is 0.267. The van der Waals surface area contributed by atoms with E-state index in [0.29, 0.717) is 13.2 Å². The molecule has 0 saturated carbocycles. The highest BCUT2D eigenvalue weighted by atomic mass is 16.5. The summed E-state index contributed by atoms with van der Waals surface area (Å²) in [6, 6.07) is 8.18. The summed E-state index contributed by atoms with van der Waals surface area (Å²) in [5.41, 5.74) is 3.08. The maximum atomic E-state index is 5.22. The van der Waals surface area contributed by atoms with Crippen LogP contribution in [0.1, 0.15) is 17.0 Å². The molecule has 108 valence electrons. The lowest BCUT2D eigenvalue weighted by atomic mass is 10.1. The van der Waals surface area contributed by atoms with Gasteiger partial charge >= 0.3 is 0 Å². The van der Waals surface area contributed by atoms with Crippen molar-refractivity contribution in [2.24, 2.45) is 0 Å². The van der Waals surface area contributed by atoms with Gasteiger partial charge in [-0.3, -0.25) is 4.40 Å². The molecule has 0 aliphatic heterocycles. The van der Waals surface area contributed by atoms with Crippen LogP contribution in [-0.4, -0.2) is 26.7 Å². The molecule has 0 saturated heterocycles. The van der Waals surface area contributed by atoms with Gasteiger partial charge in [0.25, 0.3) is 0 Å². The van der Waals surface area contributed by atoms with Gasteiger partial charge in [-0.05, 0) is 18.1 Å². The van der Waals surface area contributed by atoms with Crippen LogP contribution in [0.5, 0.6) is 0 Å². The second kappa shape index (κ2) is 5.88. The highest BCUT2D eigenvalue weighted by Crippen LogP contribution is 2.15. The molecule has 3 aromatic rings. The van der Waals surface area contributed by atoms with Crippen molar-refractivity contribution in [1.82, 2.24) is 19.6 Å². The first-order valence-corrected chi connectivity index (χ1v) is 6.75. The van der Waals surface area contributed by atoms with Gasteiger partial charge in [0.15, 0.2) is 5.82 Å². The smallest absolute Gasteiger partial charge is 0.203 e. The molecule has 0 aliphatic rings. The lowest BCUT2D eigenvalue weighted by Crippen LogP contribution is -2.06. The fourth-order valence-corrected chi connectivity index (χ4v) is 2.27. The highest BCUT2D eigenvalue weighted by molar-refractivity contribution is 5.62. The standard InChI is InChI=1S/C15H17N5O/c1-11-18-19-15-14(16-7-8-20(11)15)17-9-12-5-3-4-6-13(12)10-21-2/h3-8H,9-10H2,1-2H3,(H,16,17). The highest BCUT2D eigenvalue weighted by Gasteiger charge is 2.08. The Morgan fingerprint density at radius 3 is 2.81 bits per heavy atom. The summed E-state index contributed by atoms with van der Waals surface area (Å²) in [5, 5.41) is 11.5. The van der Waals surface area contributed by atoms with E-state index in [-0.39, 0.29) is 0 Å². The lowest BCUT2D eigenvalue weighted by molar-refractivity contribution is 0.184. The van der Waals surface area contributed by atoms with Crippen LogP contribution in [0.2, 0.25) is 0 Å². The second-order valence-electron chi connectivity index (χ2n) is 4.77. The van der Waals surface area contributed by atoms with Crippen LogP contribution >= 0.6 is 0 Å². The number of methoxy groups -OCH3 is 1. The number of aryl methyl sites for hydroxylation is 1. The molecule has 0 fully saturated rings. The number of benzene rings is 1. The number of fused-ring (bicyclic) bond motifs is 1. The molecule has 21 heavy (non-hydrogen) atoms. The molecule has 0 aliphatic carbocycles. The average Bonchev–Trinajstić information content (AvgIpc) is 2.89. The Kier molecular flexibility index (Phi) is 3.79. The van der Waals surface area contributed by atoms with Crippen LogP contribution in [-0.2, 0) is 17.9 Å². The van der Waals surface area contributed by atoms with Crippen molar-refractivity contribution in [3.8, 4) is 0 Å². The van der Waals surface area contributed by atoms with Crippen molar-refractivity contribution in [2.75, 3.05) is 12.4 Å². The van der Waals surface area contributed by atoms with Gasteiger partial charge in [-0.15, -0.1) is 10.2 Å². The predicted octanol–water partition coefficient (Wildman–Crippen LogP) is 2.19.